The Morgan fingerprint density at radius 3 is 2.69 bits per heavy atom. The van der Waals surface area contributed by atoms with Gasteiger partial charge in [0.25, 0.3) is 5.56 Å². The maximum atomic E-state index is 12.9. The number of alkyl halides is 2. The van der Waals surface area contributed by atoms with E-state index in [9.17, 15) is 18.4 Å². The molecule has 0 radical (unpaired) electrons. The van der Waals surface area contributed by atoms with Crippen molar-refractivity contribution in [2.24, 2.45) is 0 Å². The summed E-state index contributed by atoms with van der Waals surface area (Å²) in [6.07, 6.45) is 2.18. The lowest BCUT2D eigenvalue weighted by atomic mass is 10.2. The van der Waals surface area contributed by atoms with Crippen molar-refractivity contribution in [2.45, 2.75) is 44.9 Å². The molecule has 1 fully saturated rings. The number of methoxy groups -OCH3 is 1. The Bertz CT molecular complexity index is 1190. The van der Waals surface area contributed by atoms with Crippen molar-refractivity contribution in [3.05, 3.63) is 64.2 Å². The van der Waals surface area contributed by atoms with E-state index in [4.69, 9.17) is 9.47 Å². The quantitative estimate of drug-likeness (QED) is 0.464. The number of aryl methyl sites for hydroxylation is 1. The maximum Gasteiger partial charge on any atom is 0.387 e. The van der Waals surface area contributed by atoms with Crippen LogP contribution in [0.2, 0.25) is 0 Å². The Hall–Kier alpha value is -3.49. The average Bonchev–Trinajstić information content (AvgIpc) is 3.61. The highest BCUT2D eigenvalue weighted by Crippen LogP contribution is 2.35. The number of hydrogen-bond acceptors (Lipinski definition) is 6. The van der Waals surface area contributed by atoms with Crippen LogP contribution in [0, 0.1) is 0 Å². The standard InChI is InChI=1S/C23H22F2N2O5/c1-30-19-12-14(6-9-18(19)32-23(24)25)13-31-21(28)11-10-20-26-17-5-3-2-4-16(17)22(29)27(20)15-7-8-15/h2-6,9,12,15,23H,7-8,10-11,13H2,1H3. The lowest BCUT2D eigenvalue weighted by Crippen LogP contribution is -2.25. The minimum absolute atomic E-state index is 0.0509. The third-order valence-electron chi connectivity index (χ3n) is 5.19. The summed E-state index contributed by atoms with van der Waals surface area (Å²) in [4.78, 5) is 29.8. The molecule has 1 aliphatic carbocycles. The smallest absolute Gasteiger partial charge is 0.387 e. The summed E-state index contributed by atoms with van der Waals surface area (Å²) in [5.41, 5.74) is 1.09. The molecule has 3 aromatic rings. The summed E-state index contributed by atoms with van der Waals surface area (Å²) in [6, 6.07) is 11.6. The van der Waals surface area contributed by atoms with E-state index in [1.54, 1.807) is 22.8 Å². The van der Waals surface area contributed by atoms with Crippen LogP contribution in [-0.2, 0) is 22.6 Å². The summed E-state index contributed by atoms with van der Waals surface area (Å²) in [5, 5.41) is 0.568. The molecule has 0 atom stereocenters. The molecule has 0 amide bonds. The van der Waals surface area contributed by atoms with Crippen molar-refractivity contribution in [1.82, 2.24) is 9.55 Å². The third kappa shape index (κ3) is 4.87. The van der Waals surface area contributed by atoms with Crippen LogP contribution in [0.15, 0.2) is 47.3 Å². The summed E-state index contributed by atoms with van der Waals surface area (Å²) in [5.74, 6) is 0.135. The van der Waals surface area contributed by atoms with Gasteiger partial charge in [-0.3, -0.25) is 14.2 Å². The second-order valence-corrected chi connectivity index (χ2v) is 7.48. The van der Waals surface area contributed by atoms with Crippen LogP contribution >= 0.6 is 0 Å². The number of carbonyl (C=O) groups is 1. The Labute approximate surface area is 182 Å². The van der Waals surface area contributed by atoms with Crippen LogP contribution in [-0.4, -0.2) is 29.2 Å². The third-order valence-corrected chi connectivity index (χ3v) is 5.19. The van der Waals surface area contributed by atoms with Gasteiger partial charge >= 0.3 is 12.6 Å². The van der Waals surface area contributed by atoms with Crippen molar-refractivity contribution >= 4 is 16.9 Å². The number of carbonyl (C=O) groups excluding carboxylic acids is 1. The fraction of sp³-hybridized carbons (Fsp3) is 0.348. The molecule has 0 aliphatic heterocycles. The molecule has 7 nitrogen and oxygen atoms in total. The molecule has 0 N–H and O–H groups in total. The first-order valence-corrected chi connectivity index (χ1v) is 10.2. The van der Waals surface area contributed by atoms with E-state index in [2.05, 4.69) is 9.72 Å². The van der Waals surface area contributed by atoms with Gasteiger partial charge in [0.05, 0.1) is 24.4 Å². The molecule has 1 heterocycles. The number of nitrogens with zero attached hydrogens (tertiary/aromatic N) is 2. The van der Waals surface area contributed by atoms with Crippen LogP contribution in [0.5, 0.6) is 11.5 Å². The molecule has 0 bridgehead atoms. The monoisotopic (exact) mass is 444 g/mol. The minimum atomic E-state index is -2.97. The molecule has 168 valence electrons. The predicted octanol–water partition coefficient (Wildman–Crippen LogP) is 4.02. The number of esters is 1. The number of hydrogen-bond donors (Lipinski definition) is 0. The lowest BCUT2D eigenvalue weighted by molar-refractivity contribution is -0.144. The van der Waals surface area contributed by atoms with E-state index in [-0.39, 0.29) is 42.5 Å². The number of aromatic nitrogens is 2. The maximum absolute atomic E-state index is 12.9. The van der Waals surface area contributed by atoms with Gasteiger partial charge in [0, 0.05) is 12.5 Å². The van der Waals surface area contributed by atoms with E-state index in [0.29, 0.717) is 22.3 Å². The zero-order chi connectivity index (χ0) is 22.7. The zero-order valence-electron chi connectivity index (χ0n) is 17.4. The van der Waals surface area contributed by atoms with Gasteiger partial charge in [-0.2, -0.15) is 8.78 Å². The molecule has 9 heteroatoms. The number of benzene rings is 2. The van der Waals surface area contributed by atoms with Crippen molar-refractivity contribution in [3.63, 3.8) is 0 Å². The highest BCUT2D eigenvalue weighted by atomic mass is 19.3. The average molecular weight is 444 g/mol. The highest BCUT2D eigenvalue weighted by molar-refractivity contribution is 5.77. The first kappa shape index (κ1) is 21.7. The second kappa shape index (κ2) is 9.33. The Kier molecular flexibility index (Phi) is 6.34. The first-order chi connectivity index (χ1) is 15.5. The molecule has 0 unspecified atom stereocenters. The van der Waals surface area contributed by atoms with Crippen LogP contribution in [0.25, 0.3) is 10.9 Å². The molecule has 4 rings (SSSR count). The topological polar surface area (TPSA) is 79.7 Å². The summed E-state index contributed by atoms with van der Waals surface area (Å²) in [6.45, 7) is -3.02. The number of fused-ring (bicyclic) bond motifs is 1. The number of rotatable bonds is 9. The Balaban J connectivity index is 1.41. The molecule has 0 saturated heterocycles. The predicted molar refractivity (Wildman–Crippen MR) is 112 cm³/mol. The van der Waals surface area contributed by atoms with Crippen LogP contribution < -0.4 is 15.0 Å². The van der Waals surface area contributed by atoms with E-state index in [1.807, 2.05) is 6.07 Å². The van der Waals surface area contributed by atoms with Crippen molar-refractivity contribution < 1.29 is 27.8 Å². The number of para-hydroxylation sites is 1. The van der Waals surface area contributed by atoms with E-state index in [0.717, 1.165) is 12.8 Å². The molecule has 2 aromatic carbocycles. The van der Waals surface area contributed by atoms with E-state index in [1.165, 1.54) is 25.3 Å². The lowest BCUT2D eigenvalue weighted by Gasteiger charge is -2.13. The van der Waals surface area contributed by atoms with Crippen molar-refractivity contribution in [3.8, 4) is 11.5 Å². The van der Waals surface area contributed by atoms with Crippen molar-refractivity contribution in [1.29, 1.82) is 0 Å². The fourth-order valence-corrected chi connectivity index (χ4v) is 3.52. The van der Waals surface area contributed by atoms with E-state index < -0.39 is 12.6 Å². The van der Waals surface area contributed by atoms with Gasteiger partial charge in [-0.1, -0.05) is 18.2 Å². The highest BCUT2D eigenvalue weighted by Gasteiger charge is 2.28. The summed E-state index contributed by atoms with van der Waals surface area (Å²) < 4.78 is 41.3. The van der Waals surface area contributed by atoms with Gasteiger partial charge in [0.1, 0.15) is 12.4 Å². The molecular weight excluding hydrogens is 422 g/mol. The zero-order valence-corrected chi connectivity index (χ0v) is 17.4. The molecule has 32 heavy (non-hydrogen) atoms. The van der Waals surface area contributed by atoms with Gasteiger partial charge in [0.15, 0.2) is 11.5 Å². The van der Waals surface area contributed by atoms with Crippen LogP contribution in [0.3, 0.4) is 0 Å². The number of ether oxygens (including phenoxy) is 3. The van der Waals surface area contributed by atoms with Crippen LogP contribution in [0.4, 0.5) is 8.78 Å². The number of halogens is 2. The SMILES string of the molecule is COc1cc(COC(=O)CCc2nc3ccccc3c(=O)n2C2CC2)ccc1OC(F)F. The fourth-order valence-electron chi connectivity index (χ4n) is 3.52. The van der Waals surface area contributed by atoms with Gasteiger partial charge < -0.3 is 14.2 Å². The van der Waals surface area contributed by atoms with Gasteiger partial charge in [0.2, 0.25) is 0 Å². The Morgan fingerprint density at radius 2 is 1.97 bits per heavy atom. The summed E-state index contributed by atoms with van der Waals surface area (Å²) in [7, 11) is 1.33. The minimum Gasteiger partial charge on any atom is -0.493 e. The molecule has 0 spiro atoms. The molecule has 1 aliphatic rings. The largest absolute Gasteiger partial charge is 0.493 e. The van der Waals surface area contributed by atoms with Crippen molar-refractivity contribution in [2.75, 3.05) is 7.11 Å². The van der Waals surface area contributed by atoms with Crippen LogP contribution in [0.1, 0.15) is 36.7 Å². The summed E-state index contributed by atoms with van der Waals surface area (Å²) >= 11 is 0. The first-order valence-electron chi connectivity index (χ1n) is 10.2. The second-order valence-electron chi connectivity index (χ2n) is 7.48. The van der Waals surface area contributed by atoms with E-state index >= 15 is 0 Å². The van der Waals surface area contributed by atoms with Gasteiger partial charge in [-0.15, -0.1) is 0 Å². The van der Waals surface area contributed by atoms with Gasteiger partial charge in [-0.25, -0.2) is 4.98 Å². The normalized spacial score (nSPS) is 13.4. The Morgan fingerprint density at radius 1 is 1.19 bits per heavy atom. The molecule has 1 saturated carbocycles. The molecule has 1 aromatic heterocycles. The molecular formula is C23H22F2N2O5. The van der Waals surface area contributed by atoms with Gasteiger partial charge in [-0.05, 0) is 42.7 Å².